The summed E-state index contributed by atoms with van der Waals surface area (Å²) in [6.07, 6.45) is 1.45. The molecule has 0 saturated heterocycles. The van der Waals surface area contributed by atoms with Crippen molar-refractivity contribution in [2.75, 3.05) is 6.54 Å². The second kappa shape index (κ2) is 4.75. The summed E-state index contributed by atoms with van der Waals surface area (Å²) in [6, 6.07) is 1.46. The first kappa shape index (κ1) is 14.1. The summed E-state index contributed by atoms with van der Waals surface area (Å²) in [5.74, 6) is 0.0931. The molecule has 17 heavy (non-hydrogen) atoms. The normalized spacial score (nSPS) is 16.1. The highest BCUT2D eigenvalue weighted by Crippen LogP contribution is 2.18. The van der Waals surface area contributed by atoms with E-state index in [0.29, 0.717) is 0 Å². The van der Waals surface area contributed by atoms with Gasteiger partial charge in [-0.05, 0) is 18.9 Å². The Labute approximate surface area is 102 Å². The molecule has 98 valence electrons. The Hall–Kier alpha value is -0.920. The largest absolute Gasteiger partial charge is 0.329 e. The third-order valence-electron chi connectivity index (χ3n) is 3.12. The van der Waals surface area contributed by atoms with Gasteiger partial charge in [0.1, 0.15) is 0 Å². The minimum Gasteiger partial charge on any atom is -0.329 e. The molecule has 0 aliphatic heterocycles. The van der Waals surface area contributed by atoms with Gasteiger partial charge in [0.2, 0.25) is 0 Å². The van der Waals surface area contributed by atoms with Crippen LogP contribution in [0.1, 0.15) is 20.8 Å². The fraction of sp³-hybridized carbons (Fsp3) is 0.700. The van der Waals surface area contributed by atoms with Crippen molar-refractivity contribution in [3.63, 3.8) is 0 Å². The number of hydrogen-bond donors (Lipinski definition) is 2. The standard InChI is InChI=1S/C10H20N4O2S/c1-8(2)10(3,7-11)13-17(15,16)9-5-6-12-14(9)4/h5-6,8,13H,7,11H2,1-4H3. The van der Waals surface area contributed by atoms with Gasteiger partial charge in [0.05, 0.1) is 6.20 Å². The number of rotatable bonds is 5. The minimum absolute atomic E-state index is 0.0931. The average Bonchev–Trinajstić information content (AvgIpc) is 2.64. The average molecular weight is 260 g/mol. The number of hydrogen-bond acceptors (Lipinski definition) is 4. The molecule has 0 radical (unpaired) electrons. The van der Waals surface area contributed by atoms with E-state index in [4.69, 9.17) is 5.73 Å². The Kier molecular flexibility index (Phi) is 3.95. The van der Waals surface area contributed by atoms with Crippen molar-refractivity contribution in [1.29, 1.82) is 0 Å². The lowest BCUT2D eigenvalue weighted by molar-refractivity contribution is 0.314. The van der Waals surface area contributed by atoms with E-state index in [9.17, 15) is 8.42 Å². The maximum absolute atomic E-state index is 12.2. The van der Waals surface area contributed by atoms with Gasteiger partial charge in [-0.25, -0.2) is 13.1 Å². The van der Waals surface area contributed by atoms with Crippen LogP contribution in [0.3, 0.4) is 0 Å². The lowest BCUT2D eigenvalue weighted by Crippen LogP contribution is -2.55. The summed E-state index contributed by atoms with van der Waals surface area (Å²) >= 11 is 0. The third kappa shape index (κ3) is 2.85. The smallest absolute Gasteiger partial charge is 0.258 e. The molecular weight excluding hydrogens is 240 g/mol. The number of aromatic nitrogens is 2. The number of nitrogens with zero attached hydrogens (tertiary/aromatic N) is 2. The van der Waals surface area contributed by atoms with Gasteiger partial charge in [0, 0.05) is 19.1 Å². The summed E-state index contributed by atoms with van der Waals surface area (Å²) in [5.41, 5.74) is 4.99. The van der Waals surface area contributed by atoms with Crippen molar-refractivity contribution in [2.45, 2.75) is 31.3 Å². The number of nitrogens with one attached hydrogen (secondary N) is 1. The van der Waals surface area contributed by atoms with Crippen LogP contribution in [0.2, 0.25) is 0 Å². The molecule has 1 unspecified atom stereocenters. The molecule has 3 N–H and O–H groups in total. The molecule has 1 atom stereocenters. The molecular formula is C10H20N4O2S. The van der Waals surface area contributed by atoms with E-state index in [1.165, 1.54) is 16.9 Å². The quantitative estimate of drug-likeness (QED) is 0.784. The van der Waals surface area contributed by atoms with E-state index >= 15 is 0 Å². The van der Waals surface area contributed by atoms with Crippen LogP contribution < -0.4 is 10.5 Å². The number of sulfonamides is 1. The summed E-state index contributed by atoms with van der Waals surface area (Å²) < 4.78 is 28.3. The summed E-state index contributed by atoms with van der Waals surface area (Å²) in [5, 5.41) is 3.99. The fourth-order valence-electron chi connectivity index (χ4n) is 1.38. The molecule has 0 bridgehead atoms. The fourth-order valence-corrected chi connectivity index (χ4v) is 3.05. The Morgan fingerprint density at radius 3 is 2.53 bits per heavy atom. The van der Waals surface area contributed by atoms with E-state index in [2.05, 4.69) is 9.82 Å². The molecule has 1 aromatic rings. The first-order valence-electron chi connectivity index (χ1n) is 5.45. The first-order chi connectivity index (χ1) is 7.73. The SMILES string of the molecule is CC(C)C(C)(CN)NS(=O)(=O)c1ccnn1C. The Bertz CT molecular complexity index is 480. The summed E-state index contributed by atoms with van der Waals surface area (Å²) in [7, 11) is -2.00. The van der Waals surface area contributed by atoms with Gasteiger partial charge in [-0.1, -0.05) is 13.8 Å². The zero-order valence-corrected chi connectivity index (χ0v) is 11.5. The van der Waals surface area contributed by atoms with Gasteiger partial charge in [-0.2, -0.15) is 5.10 Å². The second-order valence-corrected chi connectivity index (χ2v) is 6.30. The highest BCUT2D eigenvalue weighted by Gasteiger charge is 2.33. The molecule has 1 aromatic heterocycles. The Morgan fingerprint density at radius 1 is 1.59 bits per heavy atom. The molecule has 0 fully saturated rings. The van der Waals surface area contributed by atoms with E-state index in [-0.39, 0.29) is 17.5 Å². The van der Waals surface area contributed by atoms with Gasteiger partial charge < -0.3 is 5.73 Å². The monoisotopic (exact) mass is 260 g/mol. The van der Waals surface area contributed by atoms with E-state index < -0.39 is 15.6 Å². The maximum Gasteiger partial charge on any atom is 0.258 e. The van der Waals surface area contributed by atoms with E-state index in [1.54, 1.807) is 14.0 Å². The van der Waals surface area contributed by atoms with Crippen molar-refractivity contribution in [3.05, 3.63) is 12.3 Å². The highest BCUT2D eigenvalue weighted by molar-refractivity contribution is 7.89. The van der Waals surface area contributed by atoms with Crippen molar-refractivity contribution >= 4 is 10.0 Å². The molecule has 0 saturated carbocycles. The molecule has 1 heterocycles. The predicted octanol–water partition coefficient (Wildman–Crippen LogP) is 0.0718. The molecule has 0 aliphatic carbocycles. The van der Waals surface area contributed by atoms with Crippen molar-refractivity contribution in [1.82, 2.24) is 14.5 Å². The van der Waals surface area contributed by atoms with Crippen LogP contribution in [0.15, 0.2) is 17.3 Å². The lowest BCUT2D eigenvalue weighted by atomic mass is 9.90. The predicted molar refractivity (Wildman–Crippen MR) is 65.8 cm³/mol. The van der Waals surface area contributed by atoms with Crippen LogP contribution >= 0.6 is 0 Å². The third-order valence-corrected chi connectivity index (χ3v) is 4.80. The Morgan fingerprint density at radius 2 is 2.18 bits per heavy atom. The van der Waals surface area contributed by atoms with Crippen LogP contribution in [0.4, 0.5) is 0 Å². The molecule has 0 spiro atoms. The number of aryl methyl sites for hydroxylation is 1. The van der Waals surface area contributed by atoms with Crippen LogP contribution in [0.5, 0.6) is 0 Å². The van der Waals surface area contributed by atoms with Crippen molar-refractivity contribution in [3.8, 4) is 0 Å². The van der Waals surface area contributed by atoms with Crippen LogP contribution in [0, 0.1) is 5.92 Å². The molecule has 7 heteroatoms. The maximum atomic E-state index is 12.2. The zero-order valence-electron chi connectivity index (χ0n) is 10.6. The second-order valence-electron chi connectivity index (χ2n) is 4.67. The van der Waals surface area contributed by atoms with Crippen molar-refractivity contribution in [2.24, 2.45) is 18.7 Å². The van der Waals surface area contributed by atoms with Crippen LogP contribution in [-0.4, -0.2) is 30.3 Å². The van der Waals surface area contributed by atoms with Gasteiger partial charge in [0.25, 0.3) is 10.0 Å². The van der Waals surface area contributed by atoms with Crippen LogP contribution in [-0.2, 0) is 17.1 Å². The minimum atomic E-state index is -3.59. The van der Waals surface area contributed by atoms with Gasteiger partial charge in [-0.15, -0.1) is 0 Å². The van der Waals surface area contributed by atoms with E-state index in [0.717, 1.165) is 0 Å². The van der Waals surface area contributed by atoms with Gasteiger partial charge >= 0.3 is 0 Å². The molecule has 0 amide bonds. The van der Waals surface area contributed by atoms with Gasteiger partial charge in [-0.3, -0.25) is 4.68 Å². The molecule has 0 aliphatic rings. The number of nitrogens with two attached hydrogens (primary N) is 1. The topological polar surface area (TPSA) is 90.0 Å². The first-order valence-corrected chi connectivity index (χ1v) is 6.93. The summed E-state index contributed by atoms with van der Waals surface area (Å²) in [6.45, 7) is 5.89. The molecule has 6 nitrogen and oxygen atoms in total. The van der Waals surface area contributed by atoms with Crippen LogP contribution in [0.25, 0.3) is 0 Å². The molecule has 1 rings (SSSR count). The van der Waals surface area contributed by atoms with E-state index in [1.807, 2.05) is 13.8 Å². The van der Waals surface area contributed by atoms with Gasteiger partial charge in [0.15, 0.2) is 5.03 Å². The summed E-state index contributed by atoms with van der Waals surface area (Å²) in [4.78, 5) is 0. The lowest BCUT2D eigenvalue weighted by Gasteiger charge is -2.32. The van der Waals surface area contributed by atoms with Crippen molar-refractivity contribution < 1.29 is 8.42 Å². The zero-order chi connectivity index (χ0) is 13.3. The Balaban J connectivity index is 3.06. The molecule has 0 aromatic carbocycles. The highest BCUT2D eigenvalue weighted by atomic mass is 32.2.